The van der Waals surface area contributed by atoms with Gasteiger partial charge in [0.15, 0.2) is 22.6 Å². The summed E-state index contributed by atoms with van der Waals surface area (Å²) >= 11 is 1.15. The number of nitrogens with zero attached hydrogens (tertiary/aromatic N) is 7. The monoisotopic (exact) mass is 650 g/mol. The van der Waals surface area contributed by atoms with Crippen molar-refractivity contribution >= 4 is 51.7 Å². The van der Waals surface area contributed by atoms with E-state index < -0.39 is 17.8 Å². The number of rotatable bonds is 8. The molecule has 0 unspecified atom stereocenters. The lowest BCUT2D eigenvalue weighted by Gasteiger charge is -2.22. The van der Waals surface area contributed by atoms with Crippen molar-refractivity contribution in [1.29, 1.82) is 0 Å². The van der Waals surface area contributed by atoms with Crippen LogP contribution in [0.25, 0.3) is 17.2 Å². The maximum Gasteiger partial charge on any atom is 0.417 e. The molecule has 11 nitrogen and oxygen atoms in total. The van der Waals surface area contributed by atoms with Gasteiger partial charge in [-0.1, -0.05) is 31.2 Å². The molecular weight excluding hydrogens is 621 g/mol. The first-order chi connectivity index (χ1) is 21.8. The van der Waals surface area contributed by atoms with E-state index in [9.17, 15) is 27.6 Å². The molecule has 0 spiro atoms. The van der Waals surface area contributed by atoms with Gasteiger partial charge in [-0.15, -0.1) is 5.10 Å². The van der Waals surface area contributed by atoms with Crippen molar-refractivity contribution in [1.82, 2.24) is 19.7 Å². The fraction of sp³-hybridized carbons (Fsp3) is 0.258. The molecule has 0 saturated carbocycles. The van der Waals surface area contributed by atoms with E-state index in [2.05, 4.69) is 25.4 Å². The van der Waals surface area contributed by atoms with E-state index in [1.54, 1.807) is 6.07 Å². The summed E-state index contributed by atoms with van der Waals surface area (Å²) in [5.41, 5.74) is 2.40. The minimum absolute atomic E-state index is 0.120. The molecule has 2 aromatic heterocycles. The topological polar surface area (TPSA) is 126 Å². The van der Waals surface area contributed by atoms with Crippen LogP contribution in [0.1, 0.15) is 41.8 Å². The fourth-order valence-corrected chi connectivity index (χ4v) is 5.57. The van der Waals surface area contributed by atoms with Crippen molar-refractivity contribution in [2.24, 2.45) is 4.99 Å². The number of aryl methyl sites for hydroxylation is 1. The van der Waals surface area contributed by atoms with Crippen molar-refractivity contribution in [3.63, 3.8) is 0 Å². The minimum atomic E-state index is -4.52. The van der Waals surface area contributed by atoms with Crippen LogP contribution < -0.4 is 15.1 Å². The molecule has 0 bridgehead atoms. The van der Waals surface area contributed by atoms with Gasteiger partial charge >= 0.3 is 12.2 Å². The molecule has 1 N–H and O–H groups in total. The van der Waals surface area contributed by atoms with E-state index >= 15 is 0 Å². The number of amides is 3. The standard InChI is InChI=1S/C31H29F3N8O3S/c1-5-6-19-7-10-22(40(3)4)14-25(19)42-27(44)16-46-30(42)38-29(45)37-24-11-8-20(13-23(24)18(2)43)28-36-17-41(39-28)26-12-9-21(15-35-26)31(32,33)34/h7-15,17H,5-6,16H2,1-4H3,(H,37,45). The Morgan fingerprint density at radius 2 is 1.87 bits per heavy atom. The molecule has 1 aliphatic rings. The lowest BCUT2D eigenvalue weighted by atomic mass is 10.0. The number of aliphatic imine (C=N–C) groups is 1. The van der Waals surface area contributed by atoms with E-state index in [4.69, 9.17) is 0 Å². The van der Waals surface area contributed by atoms with Crippen molar-refractivity contribution in [3.05, 3.63) is 77.7 Å². The molecule has 3 amide bonds. The number of carbonyl (C=O) groups is 3. The SMILES string of the molecule is CCCc1ccc(N(C)C)cc1N1C(=O)CSC1=NC(=O)Nc1ccc(-c2ncn(-c3ccc(C(F)(F)F)cn3)n2)cc1C(C)=O. The number of halogens is 3. The summed E-state index contributed by atoms with van der Waals surface area (Å²) in [6.07, 6.45) is -0.929. The largest absolute Gasteiger partial charge is 0.417 e. The summed E-state index contributed by atoms with van der Waals surface area (Å²) in [5.74, 6) is -0.128. The minimum Gasteiger partial charge on any atom is -0.378 e. The molecule has 2 aromatic carbocycles. The number of pyridine rings is 1. The van der Waals surface area contributed by atoms with E-state index in [-0.39, 0.29) is 45.5 Å². The molecule has 238 valence electrons. The summed E-state index contributed by atoms with van der Waals surface area (Å²) in [5, 5.41) is 7.15. The van der Waals surface area contributed by atoms with Crippen LogP contribution in [0.4, 0.5) is 35.0 Å². The van der Waals surface area contributed by atoms with Gasteiger partial charge in [-0.25, -0.2) is 19.4 Å². The number of hydrogen-bond acceptors (Lipinski definition) is 8. The zero-order valence-corrected chi connectivity index (χ0v) is 26.1. The second-order valence-corrected chi connectivity index (χ2v) is 11.5. The number of nitrogens with one attached hydrogen (secondary N) is 1. The molecule has 3 heterocycles. The molecular formula is C31H29F3N8O3S. The van der Waals surface area contributed by atoms with Crippen LogP contribution in [0.3, 0.4) is 0 Å². The number of amidine groups is 1. The lowest BCUT2D eigenvalue weighted by molar-refractivity contribution is -0.137. The number of carbonyl (C=O) groups excluding carboxylic acids is 3. The molecule has 46 heavy (non-hydrogen) atoms. The summed E-state index contributed by atoms with van der Waals surface area (Å²) in [6.45, 7) is 3.38. The molecule has 15 heteroatoms. The fourth-order valence-electron chi connectivity index (χ4n) is 4.71. The Kier molecular flexibility index (Phi) is 9.23. The van der Waals surface area contributed by atoms with Gasteiger partial charge in [-0.2, -0.15) is 18.2 Å². The van der Waals surface area contributed by atoms with Crippen LogP contribution in [0, 0.1) is 0 Å². The molecule has 1 saturated heterocycles. The molecule has 1 fully saturated rings. The highest BCUT2D eigenvalue weighted by Crippen LogP contribution is 2.34. The first-order valence-corrected chi connectivity index (χ1v) is 15.1. The van der Waals surface area contributed by atoms with E-state index in [1.165, 1.54) is 41.0 Å². The Morgan fingerprint density at radius 1 is 1.09 bits per heavy atom. The first kappa shape index (κ1) is 32.3. The number of urea groups is 1. The van der Waals surface area contributed by atoms with Crippen LogP contribution in [0.2, 0.25) is 0 Å². The van der Waals surface area contributed by atoms with E-state index in [0.717, 1.165) is 41.9 Å². The zero-order chi connectivity index (χ0) is 33.2. The third kappa shape index (κ3) is 6.93. The third-order valence-corrected chi connectivity index (χ3v) is 7.93. The molecule has 0 radical (unpaired) electrons. The number of ketones is 1. The number of thioether (sulfide) groups is 1. The number of aromatic nitrogens is 4. The summed E-state index contributed by atoms with van der Waals surface area (Å²) in [7, 11) is 3.80. The van der Waals surface area contributed by atoms with Gasteiger partial charge in [-0.3, -0.25) is 14.5 Å². The highest BCUT2D eigenvalue weighted by molar-refractivity contribution is 8.15. The van der Waals surface area contributed by atoms with Gasteiger partial charge in [0, 0.05) is 37.1 Å². The van der Waals surface area contributed by atoms with Gasteiger partial charge < -0.3 is 10.2 Å². The highest BCUT2D eigenvalue weighted by Gasteiger charge is 2.33. The van der Waals surface area contributed by atoms with Crippen LogP contribution in [-0.4, -0.2) is 62.5 Å². The highest BCUT2D eigenvalue weighted by atomic mass is 32.2. The molecule has 0 atom stereocenters. The maximum absolute atomic E-state index is 13.1. The van der Waals surface area contributed by atoms with Crippen molar-refractivity contribution in [3.8, 4) is 17.2 Å². The summed E-state index contributed by atoms with van der Waals surface area (Å²) in [6, 6.07) is 11.7. The van der Waals surface area contributed by atoms with Crippen LogP contribution in [0.5, 0.6) is 0 Å². The van der Waals surface area contributed by atoms with E-state index in [0.29, 0.717) is 17.4 Å². The Hall–Kier alpha value is -5.05. The number of alkyl halides is 3. The Morgan fingerprint density at radius 3 is 2.52 bits per heavy atom. The second-order valence-electron chi connectivity index (χ2n) is 10.5. The smallest absolute Gasteiger partial charge is 0.378 e. The predicted molar refractivity (Wildman–Crippen MR) is 171 cm³/mol. The van der Waals surface area contributed by atoms with Crippen LogP contribution in [0.15, 0.2) is 66.0 Å². The lowest BCUT2D eigenvalue weighted by Crippen LogP contribution is -2.31. The number of benzene rings is 2. The molecule has 5 rings (SSSR count). The molecule has 1 aliphatic heterocycles. The zero-order valence-electron chi connectivity index (χ0n) is 25.3. The third-order valence-electron chi connectivity index (χ3n) is 7.01. The van der Waals surface area contributed by atoms with Crippen LogP contribution in [-0.2, 0) is 17.4 Å². The number of hydrogen-bond donors (Lipinski definition) is 1. The van der Waals surface area contributed by atoms with Crippen molar-refractivity contribution in [2.75, 3.05) is 35.0 Å². The molecule has 4 aromatic rings. The van der Waals surface area contributed by atoms with Crippen molar-refractivity contribution in [2.45, 2.75) is 32.9 Å². The van der Waals surface area contributed by atoms with Gasteiger partial charge in [-0.05, 0) is 61.4 Å². The first-order valence-electron chi connectivity index (χ1n) is 14.1. The Balaban J connectivity index is 1.39. The van der Waals surface area contributed by atoms with Gasteiger partial charge in [0.1, 0.15) is 6.33 Å². The molecule has 0 aliphatic carbocycles. The Bertz CT molecular complexity index is 1840. The maximum atomic E-state index is 13.1. The van der Waals surface area contributed by atoms with Crippen LogP contribution >= 0.6 is 11.8 Å². The van der Waals surface area contributed by atoms with Gasteiger partial charge in [0.25, 0.3) is 0 Å². The average molecular weight is 651 g/mol. The van der Waals surface area contributed by atoms with Gasteiger partial charge in [0.05, 0.1) is 22.7 Å². The van der Waals surface area contributed by atoms with E-state index in [1.807, 2.05) is 44.1 Å². The van der Waals surface area contributed by atoms with Gasteiger partial charge in [0.2, 0.25) is 5.91 Å². The Labute approximate surface area is 266 Å². The quantitative estimate of drug-likeness (QED) is 0.222. The normalized spacial score (nSPS) is 14.2. The second kappa shape index (κ2) is 13.1. The summed E-state index contributed by atoms with van der Waals surface area (Å²) < 4.78 is 39.9. The predicted octanol–water partition coefficient (Wildman–Crippen LogP) is 6.24. The number of Topliss-reactive ketones (excluding diaryl/α,β-unsaturated/α-hetero) is 1. The average Bonchev–Trinajstić information content (AvgIpc) is 3.64. The van der Waals surface area contributed by atoms with Crippen molar-refractivity contribution < 1.29 is 27.6 Å². The number of anilines is 3. The summed E-state index contributed by atoms with van der Waals surface area (Å²) in [4.78, 5) is 54.3.